The molecule has 2 atom stereocenters. The van der Waals surface area contributed by atoms with Gasteiger partial charge in [-0.1, -0.05) is 17.3 Å². The van der Waals surface area contributed by atoms with Crippen LogP contribution in [0.4, 0.5) is 0 Å². The summed E-state index contributed by atoms with van der Waals surface area (Å²) < 4.78 is 6.58. The number of likely N-dealkylation sites (tertiary alicyclic amines) is 1. The monoisotopic (exact) mass is 428 g/mol. The van der Waals surface area contributed by atoms with E-state index in [1.54, 1.807) is 17.0 Å². The van der Waals surface area contributed by atoms with E-state index in [0.29, 0.717) is 18.7 Å². The van der Waals surface area contributed by atoms with E-state index in [0.717, 1.165) is 6.42 Å². The molecule has 13 heteroatoms. The third-order valence-electron chi connectivity index (χ3n) is 5.27. The summed E-state index contributed by atoms with van der Waals surface area (Å²) in [6, 6.07) is 4.58. The first-order valence-electron chi connectivity index (χ1n) is 9.76. The van der Waals surface area contributed by atoms with Gasteiger partial charge in [0.25, 0.3) is 5.91 Å². The zero-order chi connectivity index (χ0) is 22.1. The molecule has 0 unspecified atom stereocenters. The van der Waals surface area contributed by atoms with Crippen molar-refractivity contribution in [2.24, 2.45) is 5.73 Å². The maximum Gasteiger partial charge on any atom is 0.547 e. The van der Waals surface area contributed by atoms with Gasteiger partial charge in [0.15, 0.2) is 5.69 Å². The number of nitrogens with two attached hydrogens (primary N) is 1. The Labute approximate surface area is 177 Å². The maximum absolute atomic E-state index is 12.4. The second kappa shape index (κ2) is 8.36. The topological polar surface area (TPSA) is 173 Å². The van der Waals surface area contributed by atoms with Crippen molar-refractivity contribution in [1.82, 2.24) is 25.2 Å². The third kappa shape index (κ3) is 4.37. The predicted molar refractivity (Wildman–Crippen MR) is 106 cm³/mol. The number of nitrogens with one attached hydrogen (secondary N) is 1. The van der Waals surface area contributed by atoms with Crippen molar-refractivity contribution >= 4 is 24.9 Å². The van der Waals surface area contributed by atoms with Gasteiger partial charge in [0.2, 0.25) is 5.91 Å². The lowest BCUT2D eigenvalue weighted by molar-refractivity contribution is -0.122. The van der Waals surface area contributed by atoms with Crippen molar-refractivity contribution in [3.05, 3.63) is 41.2 Å². The Balaban J connectivity index is 1.37. The van der Waals surface area contributed by atoms with Gasteiger partial charge in [0, 0.05) is 19.1 Å². The average molecular weight is 428 g/mol. The molecule has 1 saturated heterocycles. The van der Waals surface area contributed by atoms with Crippen molar-refractivity contribution in [3.8, 4) is 5.75 Å². The molecule has 2 amide bonds. The smallest absolute Gasteiger partial charge is 0.534 e. The number of benzene rings is 1. The summed E-state index contributed by atoms with van der Waals surface area (Å²) >= 11 is 0. The lowest BCUT2D eigenvalue weighted by Crippen LogP contribution is -2.53. The summed E-state index contributed by atoms with van der Waals surface area (Å²) in [6.45, 7) is 0.792. The molecule has 31 heavy (non-hydrogen) atoms. The number of carboxylic acids is 1. The molecule has 5 N–H and O–H groups in total. The van der Waals surface area contributed by atoms with E-state index in [9.17, 15) is 24.5 Å². The largest absolute Gasteiger partial charge is 0.547 e. The Morgan fingerprint density at radius 2 is 2.16 bits per heavy atom. The predicted octanol–water partition coefficient (Wildman–Crippen LogP) is -1.71. The SMILES string of the molecule is N[C@@H]1CCN(C(=O)c2cn(CC(=O)N[C@H]3Cc4cccc(C(=O)O)c4OB3O)nn2)C1. The molecule has 0 spiro atoms. The molecule has 0 radical (unpaired) electrons. The van der Waals surface area contributed by atoms with Crippen LogP contribution in [0, 0.1) is 0 Å². The van der Waals surface area contributed by atoms with Crippen LogP contribution in [0.25, 0.3) is 0 Å². The van der Waals surface area contributed by atoms with E-state index in [4.69, 9.17) is 10.4 Å². The van der Waals surface area contributed by atoms with Crippen LogP contribution in [0.15, 0.2) is 24.4 Å². The van der Waals surface area contributed by atoms with Crippen molar-refractivity contribution in [1.29, 1.82) is 0 Å². The number of nitrogens with zero attached hydrogens (tertiary/aromatic N) is 4. The summed E-state index contributed by atoms with van der Waals surface area (Å²) in [5, 5.41) is 29.8. The molecular formula is C18H21BN6O6. The molecule has 3 heterocycles. The van der Waals surface area contributed by atoms with Crippen LogP contribution in [0.2, 0.25) is 0 Å². The number of fused-ring (bicyclic) bond motifs is 1. The lowest BCUT2D eigenvalue weighted by Gasteiger charge is -2.28. The highest BCUT2D eigenvalue weighted by molar-refractivity contribution is 6.47. The summed E-state index contributed by atoms with van der Waals surface area (Å²) in [5.74, 6) is -2.62. The number of aromatic nitrogens is 3. The molecular weight excluding hydrogens is 407 g/mol. The molecule has 1 fully saturated rings. The Kier molecular flexibility index (Phi) is 5.61. The molecule has 0 saturated carbocycles. The van der Waals surface area contributed by atoms with E-state index in [2.05, 4.69) is 15.6 Å². The van der Waals surface area contributed by atoms with Crippen molar-refractivity contribution in [2.75, 3.05) is 13.1 Å². The number of aromatic carboxylic acids is 1. The molecule has 2 aromatic rings. The Bertz CT molecular complexity index is 1030. The van der Waals surface area contributed by atoms with Crippen LogP contribution >= 0.6 is 0 Å². The number of amides is 2. The van der Waals surface area contributed by atoms with E-state index >= 15 is 0 Å². The van der Waals surface area contributed by atoms with Crippen LogP contribution in [0.5, 0.6) is 5.75 Å². The van der Waals surface area contributed by atoms with Gasteiger partial charge in [0.05, 0.1) is 17.7 Å². The average Bonchev–Trinajstić information content (AvgIpc) is 3.36. The van der Waals surface area contributed by atoms with E-state index < -0.39 is 24.9 Å². The zero-order valence-corrected chi connectivity index (χ0v) is 16.5. The lowest BCUT2D eigenvalue weighted by atomic mass is 9.72. The van der Waals surface area contributed by atoms with Crippen molar-refractivity contribution < 1.29 is 29.2 Å². The van der Waals surface area contributed by atoms with Crippen LogP contribution in [0.3, 0.4) is 0 Å². The number of hydrogen-bond acceptors (Lipinski definition) is 8. The van der Waals surface area contributed by atoms with E-state index in [1.807, 2.05) is 0 Å². The van der Waals surface area contributed by atoms with Crippen LogP contribution in [0.1, 0.15) is 32.8 Å². The highest BCUT2D eigenvalue weighted by atomic mass is 16.5. The van der Waals surface area contributed by atoms with E-state index in [-0.39, 0.29) is 41.9 Å². The molecule has 12 nitrogen and oxygen atoms in total. The number of rotatable bonds is 5. The minimum atomic E-state index is -1.41. The van der Waals surface area contributed by atoms with Gasteiger partial charge in [-0.25, -0.2) is 9.48 Å². The summed E-state index contributed by atoms with van der Waals surface area (Å²) in [4.78, 5) is 37.7. The Morgan fingerprint density at radius 3 is 2.87 bits per heavy atom. The molecule has 4 rings (SSSR count). The molecule has 162 valence electrons. The van der Waals surface area contributed by atoms with Crippen molar-refractivity contribution in [2.45, 2.75) is 31.4 Å². The number of carbonyl (C=O) groups excluding carboxylic acids is 2. The normalized spacial score (nSPS) is 20.2. The molecule has 2 aliphatic rings. The van der Waals surface area contributed by atoms with Gasteiger partial charge in [-0.3, -0.25) is 9.59 Å². The van der Waals surface area contributed by atoms with Gasteiger partial charge in [-0.05, 0) is 24.5 Å². The fourth-order valence-corrected chi connectivity index (χ4v) is 3.72. The minimum Gasteiger partial charge on any atom is -0.534 e. The summed E-state index contributed by atoms with van der Waals surface area (Å²) in [5.41, 5.74) is 6.45. The van der Waals surface area contributed by atoms with E-state index in [1.165, 1.54) is 16.9 Å². The summed E-state index contributed by atoms with van der Waals surface area (Å²) in [6.07, 6.45) is 2.30. The highest BCUT2D eigenvalue weighted by Gasteiger charge is 2.37. The molecule has 2 aliphatic heterocycles. The highest BCUT2D eigenvalue weighted by Crippen LogP contribution is 2.30. The quantitative estimate of drug-likeness (QED) is 0.405. The number of para-hydroxylation sites is 1. The van der Waals surface area contributed by atoms with Crippen LogP contribution in [-0.2, 0) is 17.8 Å². The van der Waals surface area contributed by atoms with Gasteiger partial charge in [0.1, 0.15) is 12.3 Å². The molecule has 0 aliphatic carbocycles. The van der Waals surface area contributed by atoms with Crippen LogP contribution in [-0.4, -0.2) is 80.0 Å². The second-order valence-electron chi connectivity index (χ2n) is 7.59. The fraction of sp³-hybridized carbons (Fsp3) is 0.389. The maximum atomic E-state index is 12.4. The Morgan fingerprint density at radius 1 is 1.35 bits per heavy atom. The minimum absolute atomic E-state index is 0.0504. The third-order valence-corrected chi connectivity index (χ3v) is 5.27. The molecule has 0 bridgehead atoms. The molecule has 1 aromatic carbocycles. The number of hydrogen-bond donors (Lipinski definition) is 4. The fourth-order valence-electron chi connectivity index (χ4n) is 3.72. The first-order valence-corrected chi connectivity index (χ1v) is 9.76. The van der Waals surface area contributed by atoms with Gasteiger partial charge in [-0.15, -0.1) is 5.10 Å². The Hall–Kier alpha value is -3.45. The molecule has 1 aromatic heterocycles. The van der Waals surface area contributed by atoms with Crippen molar-refractivity contribution in [3.63, 3.8) is 0 Å². The first-order chi connectivity index (χ1) is 14.8. The number of carboxylic acid groups (broad SMARTS) is 1. The number of carbonyl (C=O) groups is 3. The van der Waals surface area contributed by atoms with Gasteiger partial charge >= 0.3 is 13.1 Å². The first kappa shape index (κ1) is 20.8. The van der Waals surface area contributed by atoms with Gasteiger partial charge < -0.3 is 30.7 Å². The zero-order valence-electron chi connectivity index (χ0n) is 16.5. The summed E-state index contributed by atoms with van der Waals surface area (Å²) in [7, 11) is -1.41. The van der Waals surface area contributed by atoms with Gasteiger partial charge in [-0.2, -0.15) is 0 Å². The second-order valence-corrected chi connectivity index (χ2v) is 7.59. The van der Waals surface area contributed by atoms with Crippen LogP contribution < -0.4 is 15.7 Å². The standard InChI is InChI=1S/C18H21BN6O6/c20-11-4-5-24(7-11)17(27)13-8-25(23-22-13)9-15(26)21-14-6-10-2-1-3-12(18(28)29)16(10)31-19(14)30/h1-3,8,11,14,30H,4-7,9,20H2,(H,21,26)(H,28,29)/t11-,14+/m1/s1.